The number of rotatable bonds is 8. The fourth-order valence-electron chi connectivity index (χ4n) is 2.81. The maximum Gasteiger partial charge on any atom is 0.260 e. The number of ether oxygens (including phenoxy) is 3. The summed E-state index contributed by atoms with van der Waals surface area (Å²) in [6, 6.07) is 10.1. The molecule has 0 aliphatic carbocycles. The normalized spacial score (nSPS) is 14.3. The third-order valence-corrected chi connectivity index (χ3v) is 5.15. The van der Waals surface area contributed by atoms with Crippen LogP contribution in [-0.4, -0.2) is 50.8 Å². The number of thiophene rings is 1. The Hall–Kier alpha value is -2.09. The Morgan fingerprint density at radius 1 is 1.23 bits per heavy atom. The van der Waals surface area contributed by atoms with Gasteiger partial charge in [-0.2, -0.15) is 0 Å². The van der Waals surface area contributed by atoms with Gasteiger partial charge in [-0.1, -0.05) is 6.07 Å². The summed E-state index contributed by atoms with van der Waals surface area (Å²) in [4.78, 5) is 15.3. The number of carbonyl (C=O) groups excluding carboxylic acids is 1. The second-order valence-corrected chi connectivity index (χ2v) is 7.08. The number of nitrogens with two attached hydrogens (primary N) is 1. The van der Waals surface area contributed by atoms with Crippen LogP contribution in [0.15, 0.2) is 35.7 Å². The van der Waals surface area contributed by atoms with Crippen LogP contribution in [-0.2, 0) is 22.6 Å². The van der Waals surface area contributed by atoms with Gasteiger partial charge in [-0.05, 0) is 29.6 Å². The molecule has 1 fully saturated rings. The van der Waals surface area contributed by atoms with Crippen LogP contribution < -0.4 is 14.8 Å². The number of nitrogens with zero attached hydrogens (tertiary/aromatic N) is 1. The second-order valence-electron chi connectivity index (χ2n) is 6.04. The Labute approximate surface area is 157 Å². The molecule has 0 radical (unpaired) electrons. The van der Waals surface area contributed by atoms with Gasteiger partial charge in [-0.3, -0.25) is 4.79 Å². The third kappa shape index (κ3) is 5.20. The van der Waals surface area contributed by atoms with Crippen LogP contribution in [0, 0.1) is 0 Å². The maximum atomic E-state index is 12.2. The van der Waals surface area contributed by atoms with Crippen molar-refractivity contribution < 1.29 is 24.3 Å². The van der Waals surface area contributed by atoms with Crippen molar-refractivity contribution in [1.29, 1.82) is 0 Å². The maximum absolute atomic E-state index is 12.2. The molecular weight excluding hydrogens is 352 g/mol. The topological polar surface area (TPSA) is 64.6 Å². The highest BCUT2D eigenvalue weighted by Crippen LogP contribution is 2.28. The lowest BCUT2D eigenvalue weighted by Gasteiger charge is -2.26. The summed E-state index contributed by atoms with van der Waals surface area (Å²) in [7, 11) is 1.62. The van der Waals surface area contributed by atoms with Crippen molar-refractivity contribution in [1.82, 2.24) is 4.90 Å². The van der Waals surface area contributed by atoms with Gasteiger partial charge in [-0.25, -0.2) is 0 Å². The average molecular weight is 377 g/mol. The lowest BCUT2D eigenvalue weighted by Crippen LogP contribution is -2.80. The lowest BCUT2D eigenvalue weighted by molar-refractivity contribution is -0.685. The molecule has 0 unspecified atom stereocenters. The number of hydrogen-bond acceptors (Lipinski definition) is 5. The van der Waals surface area contributed by atoms with Crippen molar-refractivity contribution in [2.45, 2.75) is 13.1 Å². The van der Waals surface area contributed by atoms with E-state index >= 15 is 0 Å². The third-order valence-electron chi connectivity index (χ3n) is 4.25. The minimum Gasteiger partial charge on any atom is -0.493 e. The smallest absolute Gasteiger partial charge is 0.260 e. The molecule has 1 aromatic carbocycles. The van der Waals surface area contributed by atoms with E-state index in [1.165, 1.54) is 4.88 Å². The summed E-state index contributed by atoms with van der Waals surface area (Å²) in [6.45, 7) is 4.27. The van der Waals surface area contributed by atoms with Crippen molar-refractivity contribution in [2.75, 3.05) is 40.0 Å². The standard InChI is InChI=1S/C19H24N2O4S/c1-23-18-11-15(12-20-13-16-3-2-10-26-16)4-5-17(18)25-14-19(22)21-6-8-24-9-7-21/h2-5,10-11,20H,6-9,12-14H2,1H3/p+1. The Bertz CT molecular complexity index is 700. The number of amides is 1. The summed E-state index contributed by atoms with van der Waals surface area (Å²) in [5.41, 5.74) is 1.16. The molecule has 2 heterocycles. The van der Waals surface area contributed by atoms with Crippen LogP contribution in [0.1, 0.15) is 10.4 Å². The zero-order chi connectivity index (χ0) is 18.2. The minimum absolute atomic E-state index is 0.0141. The molecule has 1 aliphatic rings. The summed E-state index contributed by atoms with van der Waals surface area (Å²) in [5.74, 6) is 1.22. The molecule has 0 saturated carbocycles. The van der Waals surface area contributed by atoms with E-state index < -0.39 is 0 Å². The van der Waals surface area contributed by atoms with Gasteiger partial charge in [-0.15, -0.1) is 11.3 Å². The molecule has 2 N–H and O–H groups in total. The lowest BCUT2D eigenvalue weighted by atomic mass is 10.2. The van der Waals surface area contributed by atoms with Gasteiger partial charge in [0, 0.05) is 18.7 Å². The molecule has 1 amide bonds. The number of morpholine rings is 1. The quantitative estimate of drug-likeness (QED) is 0.752. The number of carbonyl (C=O) groups is 1. The van der Waals surface area contributed by atoms with Crippen molar-refractivity contribution >= 4 is 17.2 Å². The first-order chi connectivity index (χ1) is 12.8. The summed E-state index contributed by atoms with van der Waals surface area (Å²) in [6.07, 6.45) is 0. The Balaban J connectivity index is 1.51. The number of quaternary nitrogens is 1. The molecule has 0 bridgehead atoms. The molecule has 1 aliphatic heterocycles. The van der Waals surface area contributed by atoms with E-state index in [2.05, 4.69) is 22.8 Å². The first-order valence-corrected chi connectivity index (χ1v) is 9.63. The molecule has 6 nitrogen and oxygen atoms in total. The Morgan fingerprint density at radius 3 is 2.81 bits per heavy atom. The Kier molecular flexibility index (Phi) is 6.88. The van der Waals surface area contributed by atoms with Crippen LogP contribution in [0.4, 0.5) is 0 Å². The first kappa shape index (κ1) is 18.7. The van der Waals surface area contributed by atoms with Gasteiger partial charge in [0.15, 0.2) is 18.1 Å². The van der Waals surface area contributed by atoms with Gasteiger partial charge in [0.05, 0.1) is 25.2 Å². The highest BCUT2D eigenvalue weighted by Gasteiger charge is 2.18. The SMILES string of the molecule is COc1cc(C[NH2+]Cc2cccs2)ccc1OCC(=O)N1CCOCC1. The first-order valence-electron chi connectivity index (χ1n) is 8.75. The zero-order valence-corrected chi connectivity index (χ0v) is 15.8. The summed E-state index contributed by atoms with van der Waals surface area (Å²) in [5, 5.41) is 4.35. The molecular formula is C19H25N2O4S+. The van der Waals surface area contributed by atoms with E-state index in [0.717, 1.165) is 18.7 Å². The highest BCUT2D eigenvalue weighted by molar-refractivity contribution is 7.09. The minimum atomic E-state index is -0.0243. The van der Waals surface area contributed by atoms with Crippen molar-refractivity contribution in [3.8, 4) is 11.5 Å². The van der Waals surface area contributed by atoms with E-state index in [4.69, 9.17) is 14.2 Å². The van der Waals surface area contributed by atoms with Crippen molar-refractivity contribution in [3.63, 3.8) is 0 Å². The van der Waals surface area contributed by atoms with E-state index in [0.29, 0.717) is 37.8 Å². The van der Waals surface area contributed by atoms with Crippen LogP contribution in [0.5, 0.6) is 11.5 Å². The highest BCUT2D eigenvalue weighted by atomic mass is 32.1. The molecule has 7 heteroatoms. The molecule has 1 aromatic heterocycles. The van der Waals surface area contributed by atoms with Crippen molar-refractivity contribution in [3.05, 3.63) is 46.2 Å². The van der Waals surface area contributed by atoms with E-state index in [-0.39, 0.29) is 12.5 Å². The van der Waals surface area contributed by atoms with Gasteiger partial charge in [0.1, 0.15) is 13.1 Å². The molecule has 1 saturated heterocycles. The van der Waals surface area contributed by atoms with Crippen LogP contribution in [0.2, 0.25) is 0 Å². The Morgan fingerprint density at radius 2 is 2.08 bits per heavy atom. The fourth-order valence-corrected chi connectivity index (χ4v) is 3.51. The fraction of sp³-hybridized carbons (Fsp3) is 0.421. The molecule has 3 rings (SSSR count). The molecule has 140 valence electrons. The summed E-state index contributed by atoms with van der Waals surface area (Å²) >= 11 is 1.77. The van der Waals surface area contributed by atoms with E-state index in [9.17, 15) is 4.79 Å². The van der Waals surface area contributed by atoms with E-state index in [1.807, 2.05) is 18.2 Å². The van der Waals surface area contributed by atoms with Gasteiger partial charge in [0.2, 0.25) is 0 Å². The van der Waals surface area contributed by atoms with Gasteiger partial charge in [0.25, 0.3) is 5.91 Å². The predicted molar refractivity (Wildman–Crippen MR) is 99.5 cm³/mol. The van der Waals surface area contributed by atoms with Crippen LogP contribution >= 0.6 is 11.3 Å². The predicted octanol–water partition coefficient (Wildman–Crippen LogP) is 1.26. The summed E-state index contributed by atoms with van der Waals surface area (Å²) < 4.78 is 16.4. The molecule has 26 heavy (non-hydrogen) atoms. The molecule has 0 spiro atoms. The van der Waals surface area contributed by atoms with Crippen molar-refractivity contribution in [2.24, 2.45) is 0 Å². The number of hydrogen-bond donors (Lipinski definition) is 1. The zero-order valence-electron chi connectivity index (χ0n) is 15.0. The second kappa shape index (κ2) is 9.56. The van der Waals surface area contributed by atoms with Gasteiger partial charge < -0.3 is 24.4 Å². The van der Waals surface area contributed by atoms with Crippen LogP contribution in [0.3, 0.4) is 0 Å². The molecule has 2 aromatic rings. The van der Waals surface area contributed by atoms with Crippen LogP contribution in [0.25, 0.3) is 0 Å². The molecule has 0 atom stereocenters. The van der Waals surface area contributed by atoms with Gasteiger partial charge >= 0.3 is 0 Å². The largest absolute Gasteiger partial charge is 0.493 e. The number of methoxy groups -OCH3 is 1. The monoisotopic (exact) mass is 377 g/mol. The average Bonchev–Trinajstić information content (AvgIpc) is 3.20. The van der Waals surface area contributed by atoms with E-state index in [1.54, 1.807) is 23.3 Å². The number of benzene rings is 1.